The third kappa shape index (κ3) is 1.79. The van der Waals surface area contributed by atoms with Crippen molar-refractivity contribution in [3.05, 3.63) is 52.5 Å². The Morgan fingerprint density at radius 2 is 2.00 bits per heavy atom. The van der Waals surface area contributed by atoms with Crippen molar-refractivity contribution in [2.75, 3.05) is 0 Å². The number of aromatic amines is 1. The molecule has 0 amide bonds. The van der Waals surface area contributed by atoms with Gasteiger partial charge >= 0.3 is 0 Å². The molecule has 0 aliphatic heterocycles. The van der Waals surface area contributed by atoms with E-state index in [0.29, 0.717) is 5.82 Å². The predicted molar refractivity (Wildman–Crippen MR) is 55.0 cm³/mol. The molecular weight excluding hydrogens is 195 g/mol. The molecule has 4 heteroatoms. The van der Waals surface area contributed by atoms with Gasteiger partial charge in [0.15, 0.2) is 0 Å². The molecule has 0 aliphatic carbocycles. The first-order valence-corrected chi connectivity index (χ1v) is 4.49. The predicted octanol–water partition coefficient (Wildman–Crippen LogP) is 1.88. The Morgan fingerprint density at radius 3 is 2.67 bits per heavy atom. The van der Waals surface area contributed by atoms with Crippen molar-refractivity contribution < 1.29 is 4.39 Å². The highest BCUT2D eigenvalue weighted by molar-refractivity contribution is 5.61. The van der Waals surface area contributed by atoms with Crippen molar-refractivity contribution >= 4 is 0 Å². The number of nitrogens with one attached hydrogen (secondary N) is 1. The second-order valence-corrected chi connectivity index (χ2v) is 3.19. The van der Waals surface area contributed by atoms with E-state index < -0.39 is 5.82 Å². The molecule has 2 rings (SSSR count). The molecule has 0 saturated heterocycles. The van der Waals surface area contributed by atoms with Crippen LogP contribution in [0.5, 0.6) is 0 Å². The van der Waals surface area contributed by atoms with E-state index >= 15 is 0 Å². The van der Waals surface area contributed by atoms with E-state index in [1.165, 1.54) is 12.3 Å². The zero-order valence-electron chi connectivity index (χ0n) is 8.12. The lowest BCUT2D eigenvalue weighted by atomic mass is 10.1. The molecule has 0 bridgehead atoms. The summed E-state index contributed by atoms with van der Waals surface area (Å²) in [5, 5.41) is 0. The van der Waals surface area contributed by atoms with Crippen LogP contribution in [0.4, 0.5) is 4.39 Å². The smallest absolute Gasteiger partial charge is 0.258 e. The fourth-order valence-corrected chi connectivity index (χ4v) is 1.36. The molecule has 0 aliphatic rings. The fourth-order valence-electron chi connectivity index (χ4n) is 1.36. The Balaban J connectivity index is 2.65. The summed E-state index contributed by atoms with van der Waals surface area (Å²) in [4.78, 5) is 18.0. The van der Waals surface area contributed by atoms with Gasteiger partial charge in [-0.2, -0.15) is 0 Å². The van der Waals surface area contributed by atoms with Crippen LogP contribution in [0.2, 0.25) is 0 Å². The maximum absolute atomic E-state index is 13.4. The van der Waals surface area contributed by atoms with Gasteiger partial charge in [0.05, 0.1) is 5.56 Å². The van der Waals surface area contributed by atoms with Gasteiger partial charge in [-0.05, 0) is 13.0 Å². The molecule has 3 nitrogen and oxygen atoms in total. The molecule has 0 spiro atoms. The summed E-state index contributed by atoms with van der Waals surface area (Å²) in [6.45, 7) is 1.67. The average molecular weight is 204 g/mol. The molecule has 0 fully saturated rings. The second kappa shape index (κ2) is 3.65. The SMILES string of the molecule is Cc1ncc(-c2ccccc2F)c(=O)[nH]1. The zero-order chi connectivity index (χ0) is 10.8. The van der Waals surface area contributed by atoms with Crippen molar-refractivity contribution in [1.29, 1.82) is 0 Å². The van der Waals surface area contributed by atoms with E-state index in [4.69, 9.17) is 0 Å². The summed E-state index contributed by atoms with van der Waals surface area (Å²) in [5.41, 5.74) is 0.192. The lowest BCUT2D eigenvalue weighted by molar-refractivity contribution is 0.631. The van der Waals surface area contributed by atoms with Gasteiger partial charge in [-0.1, -0.05) is 18.2 Å². The molecule has 0 radical (unpaired) electrons. The van der Waals surface area contributed by atoms with Crippen LogP contribution in [0.1, 0.15) is 5.82 Å². The number of aromatic nitrogens is 2. The highest BCUT2D eigenvalue weighted by atomic mass is 19.1. The van der Waals surface area contributed by atoms with Crippen molar-refractivity contribution in [1.82, 2.24) is 9.97 Å². The van der Waals surface area contributed by atoms with Gasteiger partial charge in [-0.3, -0.25) is 4.79 Å². The van der Waals surface area contributed by atoms with Crippen LogP contribution in [0, 0.1) is 12.7 Å². The molecule has 1 heterocycles. The molecule has 15 heavy (non-hydrogen) atoms. The van der Waals surface area contributed by atoms with E-state index in [-0.39, 0.29) is 16.7 Å². The normalized spacial score (nSPS) is 10.3. The summed E-state index contributed by atoms with van der Waals surface area (Å²) in [6, 6.07) is 6.12. The number of rotatable bonds is 1. The summed E-state index contributed by atoms with van der Waals surface area (Å²) >= 11 is 0. The number of aryl methyl sites for hydroxylation is 1. The van der Waals surface area contributed by atoms with Gasteiger partial charge in [0, 0.05) is 11.8 Å². The number of hydrogen-bond donors (Lipinski definition) is 1. The first-order chi connectivity index (χ1) is 7.18. The van der Waals surface area contributed by atoms with Crippen molar-refractivity contribution in [2.24, 2.45) is 0 Å². The summed E-state index contributed by atoms with van der Waals surface area (Å²) in [6.07, 6.45) is 1.38. The largest absolute Gasteiger partial charge is 0.310 e. The van der Waals surface area contributed by atoms with E-state index in [1.807, 2.05) is 0 Å². The molecule has 76 valence electrons. The monoisotopic (exact) mass is 204 g/mol. The second-order valence-electron chi connectivity index (χ2n) is 3.19. The van der Waals surface area contributed by atoms with E-state index in [0.717, 1.165) is 0 Å². The Bertz CT molecular complexity index is 548. The van der Waals surface area contributed by atoms with Gasteiger partial charge in [0.25, 0.3) is 5.56 Å². The fraction of sp³-hybridized carbons (Fsp3) is 0.0909. The lowest BCUT2D eigenvalue weighted by Gasteiger charge is -2.01. The molecule has 1 aromatic heterocycles. The minimum Gasteiger partial charge on any atom is -0.310 e. The van der Waals surface area contributed by atoms with Crippen LogP contribution in [-0.2, 0) is 0 Å². The van der Waals surface area contributed by atoms with Crippen LogP contribution in [-0.4, -0.2) is 9.97 Å². The van der Waals surface area contributed by atoms with Gasteiger partial charge < -0.3 is 4.98 Å². The van der Waals surface area contributed by atoms with Crippen LogP contribution >= 0.6 is 0 Å². The van der Waals surface area contributed by atoms with E-state index in [9.17, 15) is 9.18 Å². The summed E-state index contributed by atoms with van der Waals surface area (Å²) in [5.74, 6) is 0.0914. The third-order valence-electron chi connectivity index (χ3n) is 2.09. The molecule has 2 aromatic rings. The minimum atomic E-state index is -0.423. The number of hydrogen-bond acceptors (Lipinski definition) is 2. The third-order valence-corrected chi connectivity index (χ3v) is 2.09. The average Bonchev–Trinajstić information content (AvgIpc) is 2.20. The number of H-pyrrole nitrogens is 1. The lowest BCUT2D eigenvalue weighted by Crippen LogP contribution is -2.11. The van der Waals surface area contributed by atoms with Crippen LogP contribution in [0.25, 0.3) is 11.1 Å². The van der Waals surface area contributed by atoms with Crippen LogP contribution in [0.3, 0.4) is 0 Å². The minimum absolute atomic E-state index is 0.249. The van der Waals surface area contributed by atoms with E-state index in [2.05, 4.69) is 9.97 Å². The summed E-state index contributed by atoms with van der Waals surface area (Å²) < 4.78 is 13.4. The van der Waals surface area contributed by atoms with Gasteiger partial charge in [0.1, 0.15) is 11.6 Å². The van der Waals surface area contributed by atoms with Crippen molar-refractivity contribution in [3.8, 4) is 11.1 Å². The van der Waals surface area contributed by atoms with E-state index in [1.54, 1.807) is 25.1 Å². The number of halogens is 1. The standard InChI is InChI=1S/C11H9FN2O/c1-7-13-6-9(11(15)14-7)8-4-2-3-5-10(8)12/h2-6H,1H3,(H,13,14,15). The maximum Gasteiger partial charge on any atom is 0.258 e. The van der Waals surface area contributed by atoms with Crippen LogP contribution in [0.15, 0.2) is 35.3 Å². The van der Waals surface area contributed by atoms with Gasteiger partial charge in [0.2, 0.25) is 0 Å². The topological polar surface area (TPSA) is 45.8 Å². The molecule has 1 N–H and O–H groups in total. The molecule has 0 atom stereocenters. The Hall–Kier alpha value is -1.97. The highest BCUT2D eigenvalue weighted by Gasteiger charge is 2.08. The Kier molecular flexibility index (Phi) is 2.33. The maximum atomic E-state index is 13.4. The van der Waals surface area contributed by atoms with Crippen LogP contribution < -0.4 is 5.56 Å². The molecular formula is C11H9FN2O. The highest BCUT2D eigenvalue weighted by Crippen LogP contribution is 2.17. The Morgan fingerprint density at radius 1 is 1.27 bits per heavy atom. The van der Waals surface area contributed by atoms with Crippen molar-refractivity contribution in [2.45, 2.75) is 6.92 Å². The van der Waals surface area contributed by atoms with Gasteiger partial charge in [-0.25, -0.2) is 9.37 Å². The number of nitrogens with zero attached hydrogens (tertiary/aromatic N) is 1. The molecule has 0 saturated carbocycles. The number of benzene rings is 1. The molecule has 0 unspecified atom stereocenters. The first kappa shape index (κ1) is 9.58. The Labute approximate surface area is 85.6 Å². The van der Waals surface area contributed by atoms with Crippen molar-refractivity contribution in [3.63, 3.8) is 0 Å². The quantitative estimate of drug-likeness (QED) is 0.770. The first-order valence-electron chi connectivity index (χ1n) is 4.49. The zero-order valence-corrected chi connectivity index (χ0v) is 8.12. The van der Waals surface area contributed by atoms with Gasteiger partial charge in [-0.15, -0.1) is 0 Å². The molecule has 1 aromatic carbocycles. The summed E-state index contributed by atoms with van der Waals surface area (Å²) in [7, 11) is 0.